The zero-order chi connectivity index (χ0) is 18.2. The van der Waals surface area contributed by atoms with Gasteiger partial charge in [0, 0.05) is 25.5 Å². The number of carbonyl (C=O) groups excluding carboxylic acids is 1. The van der Waals surface area contributed by atoms with Crippen LogP contribution in [0.4, 0.5) is 13.2 Å². The maximum atomic E-state index is 12.5. The van der Waals surface area contributed by atoms with Gasteiger partial charge in [-0.05, 0) is 11.1 Å². The Morgan fingerprint density at radius 3 is 2.40 bits per heavy atom. The third kappa shape index (κ3) is 3.30. The van der Waals surface area contributed by atoms with Crippen LogP contribution in [0, 0.1) is 0 Å². The van der Waals surface area contributed by atoms with Crippen molar-refractivity contribution in [3.63, 3.8) is 0 Å². The Balaban J connectivity index is 1.87. The Bertz CT molecular complexity index is 821. The number of aromatic nitrogens is 2. The lowest BCUT2D eigenvalue weighted by Crippen LogP contribution is -2.40. The fourth-order valence-corrected chi connectivity index (χ4v) is 2.74. The van der Waals surface area contributed by atoms with Crippen LogP contribution in [0.25, 0.3) is 0 Å². The van der Waals surface area contributed by atoms with Crippen LogP contribution >= 0.6 is 0 Å². The zero-order valence-corrected chi connectivity index (χ0v) is 12.7. The van der Waals surface area contributed by atoms with Gasteiger partial charge >= 0.3 is 12.1 Å². The molecule has 0 aliphatic carbocycles. The fraction of sp³-hybridized carbons (Fsp3) is 0.250. The van der Waals surface area contributed by atoms with E-state index in [1.807, 2.05) is 0 Å². The smallest absolute Gasteiger partial charge is 0.451 e. The largest absolute Gasteiger partial charge is 0.481 e. The van der Waals surface area contributed by atoms with E-state index in [4.69, 9.17) is 0 Å². The normalized spacial score (nSPS) is 17.1. The molecule has 130 valence electrons. The van der Waals surface area contributed by atoms with E-state index in [0.29, 0.717) is 11.1 Å². The van der Waals surface area contributed by atoms with Gasteiger partial charge in [0.15, 0.2) is 0 Å². The highest BCUT2D eigenvalue weighted by atomic mass is 19.4. The summed E-state index contributed by atoms with van der Waals surface area (Å²) in [7, 11) is 0. The van der Waals surface area contributed by atoms with Gasteiger partial charge in [-0.25, -0.2) is 9.97 Å². The van der Waals surface area contributed by atoms with Crippen LogP contribution in [-0.4, -0.2) is 38.4 Å². The summed E-state index contributed by atoms with van der Waals surface area (Å²) in [5.74, 6) is -3.93. The molecular formula is C16H12F3N3O3. The molecule has 2 aromatic rings. The summed E-state index contributed by atoms with van der Waals surface area (Å²) in [5.41, 5.74) is 1.18. The molecule has 1 unspecified atom stereocenters. The molecule has 1 N–H and O–H groups in total. The van der Waals surface area contributed by atoms with Gasteiger partial charge < -0.3 is 10.0 Å². The molecule has 1 aromatic carbocycles. The third-order valence-corrected chi connectivity index (χ3v) is 3.93. The van der Waals surface area contributed by atoms with Crippen molar-refractivity contribution in [1.82, 2.24) is 14.9 Å². The number of halogens is 3. The molecule has 3 rings (SSSR count). The third-order valence-electron chi connectivity index (χ3n) is 3.93. The molecule has 0 radical (unpaired) electrons. The summed E-state index contributed by atoms with van der Waals surface area (Å²) in [5, 5.41) is 9.39. The number of fused-ring (bicyclic) bond motifs is 1. The number of hydrogen-bond acceptors (Lipinski definition) is 4. The lowest BCUT2D eigenvalue weighted by Gasteiger charge is -2.32. The molecule has 9 heteroatoms. The molecule has 1 aliphatic heterocycles. The van der Waals surface area contributed by atoms with E-state index in [1.165, 1.54) is 4.90 Å². The number of amides is 1. The topological polar surface area (TPSA) is 83.4 Å². The van der Waals surface area contributed by atoms with E-state index < -0.39 is 29.8 Å². The first kappa shape index (κ1) is 16.9. The van der Waals surface area contributed by atoms with Crippen molar-refractivity contribution in [3.8, 4) is 0 Å². The van der Waals surface area contributed by atoms with Crippen LogP contribution in [0.5, 0.6) is 0 Å². The number of carboxylic acids is 1. The van der Waals surface area contributed by atoms with E-state index in [2.05, 4.69) is 9.97 Å². The Morgan fingerprint density at radius 2 is 1.80 bits per heavy atom. The first-order chi connectivity index (χ1) is 11.8. The highest BCUT2D eigenvalue weighted by Crippen LogP contribution is 2.30. The number of hydrogen-bond donors (Lipinski definition) is 1. The second-order valence-corrected chi connectivity index (χ2v) is 5.57. The van der Waals surface area contributed by atoms with E-state index in [9.17, 15) is 27.9 Å². The van der Waals surface area contributed by atoms with Crippen LogP contribution in [0.3, 0.4) is 0 Å². The van der Waals surface area contributed by atoms with Gasteiger partial charge in [-0.2, -0.15) is 13.2 Å². The highest BCUT2D eigenvalue weighted by molar-refractivity contribution is 5.94. The van der Waals surface area contributed by atoms with Gasteiger partial charge in [0.1, 0.15) is 0 Å². The van der Waals surface area contributed by atoms with Crippen molar-refractivity contribution >= 4 is 11.9 Å². The zero-order valence-electron chi connectivity index (χ0n) is 12.7. The Hall–Kier alpha value is -2.97. The molecule has 6 nitrogen and oxygen atoms in total. The van der Waals surface area contributed by atoms with Gasteiger partial charge in [0.25, 0.3) is 5.91 Å². The van der Waals surface area contributed by atoms with E-state index in [-0.39, 0.29) is 18.7 Å². The van der Waals surface area contributed by atoms with Crippen molar-refractivity contribution in [2.24, 2.45) is 0 Å². The summed E-state index contributed by atoms with van der Waals surface area (Å²) >= 11 is 0. The molecule has 1 aromatic heterocycles. The molecule has 1 aliphatic rings. The number of aliphatic carboxylic acids is 1. The quantitative estimate of drug-likeness (QED) is 0.898. The Kier molecular flexibility index (Phi) is 4.15. The minimum atomic E-state index is -4.69. The van der Waals surface area contributed by atoms with E-state index in [1.54, 1.807) is 24.3 Å². The summed E-state index contributed by atoms with van der Waals surface area (Å²) in [6.07, 6.45) is -3.09. The van der Waals surface area contributed by atoms with Crippen molar-refractivity contribution in [1.29, 1.82) is 0 Å². The van der Waals surface area contributed by atoms with Crippen LogP contribution in [0.15, 0.2) is 36.7 Å². The van der Waals surface area contributed by atoms with Crippen molar-refractivity contribution in [2.45, 2.75) is 18.6 Å². The van der Waals surface area contributed by atoms with Gasteiger partial charge in [0.05, 0.1) is 11.5 Å². The first-order valence-corrected chi connectivity index (χ1v) is 7.26. The Labute approximate surface area is 139 Å². The number of rotatable bonds is 2. The monoisotopic (exact) mass is 351 g/mol. The molecule has 1 atom stereocenters. The molecule has 2 heterocycles. The Morgan fingerprint density at radius 1 is 1.16 bits per heavy atom. The van der Waals surface area contributed by atoms with E-state index in [0.717, 1.165) is 12.4 Å². The number of carbonyl (C=O) groups is 2. The number of benzene rings is 1. The number of alkyl halides is 3. The molecule has 25 heavy (non-hydrogen) atoms. The molecule has 0 spiro atoms. The first-order valence-electron chi connectivity index (χ1n) is 7.26. The summed E-state index contributed by atoms with van der Waals surface area (Å²) in [4.78, 5) is 31.6. The maximum absolute atomic E-state index is 12.5. The molecule has 0 saturated carbocycles. The number of nitrogens with zero attached hydrogens (tertiary/aromatic N) is 3. The minimum absolute atomic E-state index is 0.0772. The molecule has 0 bridgehead atoms. The predicted molar refractivity (Wildman–Crippen MR) is 78.6 cm³/mol. The standard InChI is InChI=1S/C16H12F3N3O3/c17-16(18,19)15-20-5-10(6-21-15)13(23)22-7-9-3-1-2-4-11(9)12(8-22)14(24)25/h1-6,12H,7-8H2,(H,24,25). The van der Waals surface area contributed by atoms with Crippen LogP contribution in [0.1, 0.15) is 33.2 Å². The fourth-order valence-electron chi connectivity index (χ4n) is 2.74. The van der Waals surface area contributed by atoms with Gasteiger partial charge in [-0.15, -0.1) is 0 Å². The minimum Gasteiger partial charge on any atom is -0.481 e. The highest BCUT2D eigenvalue weighted by Gasteiger charge is 2.36. The lowest BCUT2D eigenvalue weighted by molar-refractivity contribution is -0.145. The van der Waals surface area contributed by atoms with Crippen molar-refractivity contribution < 1.29 is 27.9 Å². The maximum Gasteiger partial charge on any atom is 0.451 e. The van der Waals surface area contributed by atoms with Gasteiger partial charge in [0.2, 0.25) is 5.82 Å². The van der Waals surface area contributed by atoms with Crippen molar-refractivity contribution in [2.75, 3.05) is 6.54 Å². The van der Waals surface area contributed by atoms with Crippen LogP contribution in [-0.2, 0) is 17.5 Å². The average molecular weight is 351 g/mol. The summed E-state index contributed by atoms with van der Waals surface area (Å²) < 4.78 is 37.5. The molecule has 0 saturated heterocycles. The van der Waals surface area contributed by atoms with E-state index >= 15 is 0 Å². The molecule has 1 amide bonds. The summed E-state index contributed by atoms with van der Waals surface area (Å²) in [6, 6.07) is 6.86. The second-order valence-electron chi connectivity index (χ2n) is 5.57. The second kappa shape index (κ2) is 6.15. The number of carboxylic acid groups (broad SMARTS) is 1. The van der Waals surface area contributed by atoms with Crippen molar-refractivity contribution in [3.05, 3.63) is 59.2 Å². The average Bonchev–Trinajstić information content (AvgIpc) is 2.59. The molecule has 0 fully saturated rings. The van der Waals surface area contributed by atoms with Gasteiger partial charge in [-0.3, -0.25) is 9.59 Å². The van der Waals surface area contributed by atoms with Crippen LogP contribution in [0.2, 0.25) is 0 Å². The lowest BCUT2D eigenvalue weighted by atomic mass is 9.89. The SMILES string of the molecule is O=C(O)C1CN(C(=O)c2cnc(C(F)(F)F)nc2)Cc2ccccc21. The summed E-state index contributed by atoms with van der Waals surface area (Å²) in [6.45, 7) is 0.0893. The van der Waals surface area contributed by atoms with Crippen LogP contribution < -0.4 is 0 Å². The predicted octanol–water partition coefficient (Wildman–Crippen LogP) is 2.32. The van der Waals surface area contributed by atoms with Gasteiger partial charge in [-0.1, -0.05) is 24.3 Å². The molecular weight excluding hydrogens is 339 g/mol.